The lowest BCUT2D eigenvalue weighted by atomic mass is 9.93. The summed E-state index contributed by atoms with van der Waals surface area (Å²) >= 11 is 1.06. The first-order chi connectivity index (χ1) is 18.6. The highest BCUT2D eigenvalue weighted by Crippen LogP contribution is 2.38. The van der Waals surface area contributed by atoms with Crippen LogP contribution < -0.4 is 24.4 Å². The fourth-order valence-electron chi connectivity index (χ4n) is 4.54. The van der Waals surface area contributed by atoms with Crippen molar-refractivity contribution < 1.29 is 24.3 Å². The van der Waals surface area contributed by atoms with Crippen molar-refractivity contribution in [1.82, 2.24) is 9.47 Å². The van der Waals surface area contributed by atoms with Gasteiger partial charge in [-0.3, -0.25) is 24.3 Å². The first kappa shape index (κ1) is 27.6. The second kappa shape index (κ2) is 11.1. The van der Waals surface area contributed by atoms with Crippen molar-refractivity contribution in [2.75, 3.05) is 27.3 Å². The molecule has 2 aromatic carbocycles. The molecule has 0 saturated carbocycles. The highest BCUT2D eigenvalue weighted by atomic mass is 32.1. The van der Waals surface area contributed by atoms with Gasteiger partial charge in [-0.1, -0.05) is 11.3 Å². The van der Waals surface area contributed by atoms with E-state index in [2.05, 4.69) is 4.99 Å². The summed E-state index contributed by atoms with van der Waals surface area (Å²) < 4.78 is 12.7. The molecule has 0 spiro atoms. The summed E-state index contributed by atoms with van der Waals surface area (Å²) in [6, 6.07) is 7.84. The molecular formula is C27H28N4O7S. The summed E-state index contributed by atoms with van der Waals surface area (Å²) in [6.45, 7) is 6.40. The summed E-state index contributed by atoms with van der Waals surface area (Å²) in [5.41, 5.74) is 0.716. The molecule has 204 valence electrons. The molecule has 39 heavy (non-hydrogen) atoms. The second-order valence-corrected chi connectivity index (χ2v) is 9.68. The number of phenols is 1. The maximum Gasteiger partial charge on any atom is 0.271 e. The Kier molecular flexibility index (Phi) is 7.86. The molecule has 0 fully saturated rings. The highest BCUT2D eigenvalue weighted by Gasteiger charge is 2.36. The number of benzene rings is 2. The molecule has 0 aliphatic carbocycles. The maximum absolute atomic E-state index is 13.9. The number of methoxy groups -OCH3 is 2. The van der Waals surface area contributed by atoms with Gasteiger partial charge in [0, 0.05) is 36.3 Å². The van der Waals surface area contributed by atoms with Crippen LogP contribution >= 0.6 is 11.3 Å². The van der Waals surface area contributed by atoms with Crippen molar-refractivity contribution >= 4 is 29.0 Å². The SMILES string of the molecule is CCN(CC)C(=O)C1=C(C)N=c2s/c(=C/c3cc([N+](=O)[O-])ccc3O)c(=O)n2[C@H]1c1cc(OC)ccc1OC. The molecule has 1 amide bonds. The van der Waals surface area contributed by atoms with Gasteiger partial charge >= 0.3 is 0 Å². The smallest absolute Gasteiger partial charge is 0.271 e. The zero-order valence-electron chi connectivity index (χ0n) is 22.1. The van der Waals surface area contributed by atoms with E-state index >= 15 is 0 Å². The molecule has 1 aliphatic rings. The summed E-state index contributed by atoms with van der Waals surface area (Å²) in [5.74, 6) is 0.484. The lowest BCUT2D eigenvalue weighted by Gasteiger charge is -2.30. The third-order valence-electron chi connectivity index (χ3n) is 6.54. The lowest BCUT2D eigenvalue weighted by Crippen LogP contribution is -2.43. The average Bonchev–Trinajstić information content (AvgIpc) is 3.23. The highest BCUT2D eigenvalue weighted by molar-refractivity contribution is 7.07. The standard InChI is InChI=1S/C27H28N4O7S/c1-6-29(7-2)26(34)23-15(3)28-27-30(24(23)19-14-18(37-4)9-11-21(19)38-5)25(33)22(39-27)13-16-12-17(31(35)36)8-10-20(16)32/h8-14,24,32H,6-7H2,1-5H3/b22-13+/t24-/m0/s1. The predicted octanol–water partition coefficient (Wildman–Crippen LogP) is 2.73. The Morgan fingerprint density at radius 1 is 1.21 bits per heavy atom. The maximum atomic E-state index is 13.9. The number of thiazole rings is 1. The van der Waals surface area contributed by atoms with Gasteiger partial charge in [-0.15, -0.1) is 0 Å². The number of amides is 1. The Labute approximate surface area is 227 Å². The molecule has 3 aromatic rings. The Balaban J connectivity index is 2.04. The number of aromatic hydroxyl groups is 1. The summed E-state index contributed by atoms with van der Waals surface area (Å²) in [5, 5.41) is 21.6. The van der Waals surface area contributed by atoms with Gasteiger partial charge in [0.15, 0.2) is 4.80 Å². The van der Waals surface area contributed by atoms with Crippen LogP contribution in [-0.2, 0) is 4.79 Å². The zero-order chi connectivity index (χ0) is 28.4. The minimum absolute atomic E-state index is 0.111. The number of allylic oxidation sites excluding steroid dienone is 1. The molecule has 12 heteroatoms. The van der Waals surface area contributed by atoms with E-state index < -0.39 is 16.5 Å². The summed E-state index contributed by atoms with van der Waals surface area (Å²) in [6.07, 6.45) is 1.39. The Hall–Kier alpha value is -4.45. The van der Waals surface area contributed by atoms with E-state index in [1.165, 1.54) is 43.1 Å². The van der Waals surface area contributed by atoms with Gasteiger partial charge in [0.05, 0.1) is 34.9 Å². The molecule has 1 N–H and O–H groups in total. The Morgan fingerprint density at radius 2 is 1.92 bits per heavy atom. The van der Waals surface area contributed by atoms with Gasteiger partial charge in [-0.25, -0.2) is 4.99 Å². The van der Waals surface area contributed by atoms with E-state index in [0.717, 1.165) is 11.3 Å². The van der Waals surface area contributed by atoms with E-state index in [9.17, 15) is 24.8 Å². The van der Waals surface area contributed by atoms with Crippen LogP contribution in [0.5, 0.6) is 17.2 Å². The van der Waals surface area contributed by atoms with Crippen LogP contribution in [0.1, 0.15) is 37.9 Å². The molecule has 11 nitrogen and oxygen atoms in total. The Bertz CT molecular complexity index is 1670. The van der Waals surface area contributed by atoms with Crippen LogP contribution in [0.2, 0.25) is 0 Å². The van der Waals surface area contributed by atoms with Crippen molar-refractivity contribution in [2.45, 2.75) is 26.8 Å². The number of non-ortho nitro benzene ring substituents is 1. The largest absolute Gasteiger partial charge is 0.507 e. The second-order valence-electron chi connectivity index (χ2n) is 8.67. The Morgan fingerprint density at radius 3 is 2.54 bits per heavy atom. The number of hydrogen-bond acceptors (Lipinski definition) is 9. The zero-order valence-corrected chi connectivity index (χ0v) is 22.9. The average molecular weight is 553 g/mol. The number of phenolic OH excluding ortho intramolecular Hbond substituents is 1. The summed E-state index contributed by atoms with van der Waals surface area (Å²) in [7, 11) is 3.02. The number of ether oxygens (including phenoxy) is 2. The van der Waals surface area contributed by atoms with Gasteiger partial charge in [-0.05, 0) is 51.1 Å². The van der Waals surface area contributed by atoms with Gasteiger partial charge in [-0.2, -0.15) is 0 Å². The number of likely N-dealkylation sites (N-methyl/N-ethyl adjacent to an activating group) is 1. The fourth-order valence-corrected chi connectivity index (χ4v) is 5.57. The van der Waals surface area contributed by atoms with Gasteiger partial charge in [0.1, 0.15) is 23.3 Å². The first-order valence-electron chi connectivity index (χ1n) is 12.2. The van der Waals surface area contributed by atoms with Crippen LogP contribution in [0.4, 0.5) is 5.69 Å². The van der Waals surface area contributed by atoms with E-state index in [1.807, 2.05) is 13.8 Å². The van der Waals surface area contributed by atoms with Crippen molar-refractivity contribution in [3.63, 3.8) is 0 Å². The number of nitro groups is 1. The molecule has 1 aliphatic heterocycles. The topological polar surface area (TPSA) is 137 Å². The van der Waals surface area contributed by atoms with Crippen molar-refractivity contribution in [3.8, 4) is 17.2 Å². The molecule has 1 atom stereocenters. The third-order valence-corrected chi connectivity index (χ3v) is 7.53. The number of nitrogens with zero attached hydrogens (tertiary/aromatic N) is 4. The third kappa shape index (κ3) is 5.02. The molecule has 2 heterocycles. The number of fused-ring (bicyclic) bond motifs is 1. The number of nitro benzene ring substituents is 1. The van der Waals surface area contributed by atoms with Crippen LogP contribution in [-0.4, -0.2) is 52.7 Å². The summed E-state index contributed by atoms with van der Waals surface area (Å²) in [4.78, 5) is 45.0. The van der Waals surface area contributed by atoms with Crippen LogP contribution in [0.15, 0.2) is 57.5 Å². The molecule has 1 aromatic heterocycles. The molecule has 0 saturated heterocycles. The van der Waals surface area contributed by atoms with Crippen molar-refractivity contribution in [2.24, 2.45) is 4.99 Å². The van der Waals surface area contributed by atoms with E-state index in [1.54, 1.807) is 30.0 Å². The lowest BCUT2D eigenvalue weighted by molar-refractivity contribution is -0.384. The quantitative estimate of drug-likeness (QED) is 0.335. The normalized spacial score (nSPS) is 15.0. The van der Waals surface area contributed by atoms with Gasteiger partial charge in [0.2, 0.25) is 0 Å². The molecular weight excluding hydrogens is 524 g/mol. The van der Waals surface area contributed by atoms with Crippen LogP contribution in [0, 0.1) is 10.1 Å². The monoisotopic (exact) mass is 552 g/mol. The molecule has 0 radical (unpaired) electrons. The number of carbonyl (C=O) groups is 1. The fraction of sp³-hybridized carbons (Fsp3) is 0.296. The first-order valence-corrected chi connectivity index (χ1v) is 13.0. The number of hydrogen-bond donors (Lipinski definition) is 1. The minimum Gasteiger partial charge on any atom is -0.507 e. The molecule has 4 rings (SSSR count). The van der Waals surface area contributed by atoms with E-state index in [-0.39, 0.29) is 27.4 Å². The van der Waals surface area contributed by atoms with Gasteiger partial charge < -0.3 is 19.5 Å². The number of carbonyl (C=O) groups excluding carboxylic acids is 1. The van der Waals surface area contributed by atoms with Crippen molar-refractivity contribution in [1.29, 1.82) is 0 Å². The number of rotatable bonds is 8. The molecule has 0 unspecified atom stereocenters. The van der Waals surface area contributed by atoms with Gasteiger partial charge in [0.25, 0.3) is 17.2 Å². The van der Waals surface area contributed by atoms with E-state index in [0.29, 0.717) is 46.2 Å². The van der Waals surface area contributed by atoms with E-state index in [4.69, 9.17) is 9.47 Å². The predicted molar refractivity (Wildman–Crippen MR) is 146 cm³/mol. The number of aromatic nitrogens is 1. The van der Waals surface area contributed by atoms with Crippen LogP contribution in [0.3, 0.4) is 0 Å². The minimum atomic E-state index is -0.889. The van der Waals surface area contributed by atoms with Crippen molar-refractivity contribution in [3.05, 3.63) is 88.6 Å². The molecule has 0 bridgehead atoms. The van der Waals surface area contributed by atoms with Crippen LogP contribution in [0.25, 0.3) is 6.08 Å².